The summed E-state index contributed by atoms with van der Waals surface area (Å²) in [7, 11) is -0.401. The number of esters is 1. The smallest absolute Gasteiger partial charge is 0.469 e. The zero-order valence-corrected chi connectivity index (χ0v) is 22.5. The fraction of sp³-hybridized carbons (Fsp3) is 0.783. The molecule has 13 nitrogen and oxygen atoms in total. The number of unbranched alkanes of at least 4 members (excludes halogenated alkanes) is 3. The quantitative estimate of drug-likeness (QED) is 0.0403. The van der Waals surface area contributed by atoms with Crippen LogP contribution in [0.5, 0.6) is 0 Å². The second-order valence-corrected chi connectivity index (χ2v) is 9.48. The molecule has 2 unspecified atom stereocenters. The lowest BCUT2D eigenvalue weighted by atomic mass is 9.75. The van der Waals surface area contributed by atoms with Crippen molar-refractivity contribution in [2.24, 2.45) is 5.92 Å². The molecule has 0 aliphatic heterocycles. The van der Waals surface area contributed by atoms with Gasteiger partial charge in [-0.1, -0.05) is 33.3 Å². The molecule has 212 valence electrons. The highest BCUT2D eigenvalue weighted by molar-refractivity contribution is 6.43. The van der Waals surface area contributed by atoms with Crippen molar-refractivity contribution in [1.29, 1.82) is 0 Å². The second kappa shape index (κ2) is 19.4. The molecule has 0 aliphatic rings. The van der Waals surface area contributed by atoms with Gasteiger partial charge >= 0.3 is 13.1 Å². The third-order valence-electron chi connectivity index (χ3n) is 5.70. The number of methoxy groups -OCH3 is 1. The van der Waals surface area contributed by atoms with Gasteiger partial charge in [-0.25, -0.2) is 10.1 Å². The molecule has 0 heterocycles. The van der Waals surface area contributed by atoms with E-state index in [4.69, 9.17) is 0 Å². The summed E-state index contributed by atoms with van der Waals surface area (Å²) >= 11 is 0. The molecule has 6 N–H and O–H groups in total. The van der Waals surface area contributed by atoms with Gasteiger partial charge in [0.15, 0.2) is 5.03 Å². The zero-order chi connectivity index (χ0) is 28.4. The number of carbonyl (C=O) groups excluding carboxylic acids is 3. The molecule has 2 amide bonds. The first-order valence-corrected chi connectivity index (χ1v) is 12.7. The first-order chi connectivity index (χ1) is 17.4. The minimum Gasteiger partial charge on any atom is -0.469 e. The van der Waals surface area contributed by atoms with Crippen LogP contribution in [0.2, 0.25) is 0 Å². The zero-order valence-electron chi connectivity index (χ0n) is 22.5. The molecular weight excluding hydrogens is 485 g/mol. The van der Waals surface area contributed by atoms with E-state index in [9.17, 15) is 34.5 Å². The van der Waals surface area contributed by atoms with E-state index >= 15 is 0 Å². The summed E-state index contributed by atoms with van der Waals surface area (Å²) < 4.78 is 4.59. The maximum absolute atomic E-state index is 12.9. The maximum atomic E-state index is 12.9. The number of nitro groups is 1. The Morgan fingerprint density at radius 1 is 1.03 bits per heavy atom. The van der Waals surface area contributed by atoms with E-state index in [1.54, 1.807) is 6.92 Å². The molecule has 37 heavy (non-hydrogen) atoms. The van der Waals surface area contributed by atoms with E-state index < -0.39 is 36.1 Å². The summed E-state index contributed by atoms with van der Waals surface area (Å²) in [5.41, 5.74) is 2.19. The van der Waals surface area contributed by atoms with Gasteiger partial charge in [-0.2, -0.15) is 0 Å². The molecule has 0 aromatic rings. The number of carbonyl (C=O) groups is 3. The molecule has 0 rings (SSSR count). The molecule has 0 saturated heterocycles. The third kappa shape index (κ3) is 17.4. The Hall–Kier alpha value is -2.71. The van der Waals surface area contributed by atoms with E-state index in [-0.39, 0.29) is 36.3 Å². The SMILES string of the molecule is C=C(N[N+](=O)[O-])C(C)NCCC[C@H](NC(=O)CCCCCCC(=O)OC)C(=O)NC(CC(C)C)B(O)O. The van der Waals surface area contributed by atoms with Crippen LogP contribution in [0.4, 0.5) is 0 Å². The van der Waals surface area contributed by atoms with Crippen LogP contribution >= 0.6 is 0 Å². The molecule has 0 bridgehead atoms. The average molecular weight is 529 g/mol. The van der Waals surface area contributed by atoms with Crippen molar-refractivity contribution >= 4 is 24.9 Å². The van der Waals surface area contributed by atoms with E-state index in [1.807, 2.05) is 19.3 Å². The van der Waals surface area contributed by atoms with Crippen molar-refractivity contribution in [3.63, 3.8) is 0 Å². The molecule has 0 aromatic carbocycles. The number of hydrazine groups is 1. The van der Waals surface area contributed by atoms with Gasteiger partial charge in [0.2, 0.25) is 11.8 Å². The Bertz CT molecular complexity index is 738. The second-order valence-electron chi connectivity index (χ2n) is 9.48. The average Bonchev–Trinajstić information content (AvgIpc) is 2.81. The van der Waals surface area contributed by atoms with Crippen molar-refractivity contribution < 1.29 is 34.2 Å². The molecular formula is C23H44BN5O8. The number of amides is 2. The van der Waals surface area contributed by atoms with Gasteiger partial charge in [-0.05, 0) is 51.5 Å². The molecule has 0 aliphatic carbocycles. The van der Waals surface area contributed by atoms with E-state index in [1.165, 1.54) is 7.11 Å². The van der Waals surface area contributed by atoms with Crippen LogP contribution in [-0.4, -0.2) is 71.7 Å². The van der Waals surface area contributed by atoms with E-state index in [2.05, 4.69) is 27.3 Å². The number of hydrogen-bond donors (Lipinski definition) is 6. The van der Waals surface area contributed by atoms with Crippen LogP contribution in [0.1, 0.15) is 78.6 Å². The van der Waals surface area contributed by atoms with E-state index in [0.717, 1.165) is 12.8 Å². The summed E-state index contributed by atoms with van der Waals surface area (Å²) in [6.07, 6.45) is 4.41. The van der Waals surface area contributed by atoms with Crippen LogP contribution in [0.15, 0.2) is 12.3 Å². The van der Waals surface area contributed by atoms with Gasteiger partial charge in [-0.3, -0.25) is 14.4 Å². The van der Waals surface area contributed by atoms with Crippen molar-refractivity contribution in [1.82, 2.24) is 21.4 Å². The van der Waals surface area contributed by atoms with Gasteiger partial charge in [0.25, 0.3) is 0 Å². The summed E-state index contributed by atoms with van der Waals surface area (Å²) in [5, 5.41) is 37.6. The van der Waals surface area contributed by atoms with Gasteiger partial charge in [0, 0.05) is 18.9 Å². The maximum Gasteiger partial charge on any atom is 0.475 e. The Balaban J connectivity index is 4.88. The van der Waals surface area contributed by atoms with Crippen LogP contribution in [-0.2, 0) is 19.1 Å². The molecule has 0 saturated carbocycles. The van der Waals surface area contributed by atoms with Crippen molar-refractivity contribution in [2.75, 3.05) is 13.7 Å². The van der Waals surface area contributed by atoms with Gasteiger partial charge in [-0.15, -0.1) is 5.43 Å². The topological polar surface area (TPSA) is 192 Å². The highest BCUT2D eigenvalue weighted by atomic mass is 16.7. The van der Waals surface area contributed by atoms with Crippen molar-refractivity contribution in [3.05, 3.63) is 22.4 Å². The van der Waals surface area contributed by atoms with Crippen LogP contribution in [0, 0.1) is 16.0 Å². The lowest BCUT2D eigenvalue weighted by molar-refractivity contribution is -0.536. The Morgan fingerprint density at radius 2 is 1.65 bits per heavy atom. The first-order valence-electron chi connectivity index (χ1n) is 12.7. The Morgan fingerprint density at radius 3 is 2.19 bits per heavy atom. The van der Waals surface area contributed by atoms with Gasteiger partial charge in [0.05, 0.1) is 18.7 Å². The number of nitrogens with zero attached hydrogens (tertiary/aromatic N) is 1. The molecule has 0 spiro atoms. The third-order valence-corrected chi connectivity index (χ3v) is 5.70. The fourth-order valence-electron chi connectivity index (χ4n) is 3.55. The number of hydrogen-bond acceptors (Lipinski definition) is 9. The highest BCUT2D eigenvalue weighted by Crippen LogP contribution is 2.09. The van der Waals surface area contributed by atoms with E-state index in [0.29, 0.717) is 38.6 Å². The minimum absolute atomic E-state index is 0.103. The van der Waals surface area contributed by atoms with Crippen LogP contribution in [0.3, 0.4) is 0 Å². The predicted molar refractivity (Wildman–Crippen MR) is 139 cm³/mol. The number of ether oxygens (including phenoxy) is 1. The standard InChI is InChI=1S/C23H44BN5O8/c1-16(2)15-20(24(33)34)27-23(32)19(11-10-14-25-17(3)18(4)28-29(35)36)26-21(30)12-8-6-7-9-13-22(31)37-5/h16-17,19-20,25,28,33-34H,4,6-15H2,1-3,5H3,(H,26,30)(H,27,32)/t17?,19-,20?/m0/s1. The van der Waals surface area contributed by atoms with Crippen molar-refractivity contribution in [3.8, 4) is 0 Å². The first kappa shape index (κ1) is 34.3. The molecule has 0 radical (unpaired) electrons. The summed E-state index contributed by atoms with van der Waals surface area (Å²) in [6.45, 7) is 9.48. The molecule has 3 atom stereocenters. The van der Waals surface area contributed by atoms with Crippen LogP contribution in [0.25, 0.3) is 0 Å². The van der Waals surface area contributed by atoms with Crippen LogP contribution < -0.4 is 21.4 Å². The lowest BCUT2D eigenvalue weighted by Crippen LogP contribution is -2.54. The largest absolute Gasteiger partial charge is 0.475 e. The highest BCUT2D eigenvalue weighted by Gasteiger charge is 2.29. The lowest BCUT2D eigenvalue weighted by Gasteiger charge is -2.24. The number of nitrogens with one attached hydrogen (secondary N) is 4. The van der Waals surface area contributed by atoms with Gasteiger partial charge in [0.1, 0.15) is 6.04 Å². The Labute approximate surface area is 219 Å². The monoisotopic (exact) mass is 529 g/mol. The minimum atomic E-state index is -1.74. The summed E-state index contributed by atoms with van der Waals surface area (Å²) in [4.78, 5) is 47.1. The van der Waals surface area contributed by atoms with Gasteiger partial charge < -0.3 is 30.7 Å². The number of rotatable bonds is 21. The normalized spacial score (nSPS) is 13.3. The molecule has 14 heteroatoms. The fourth-order valence-corrected chi connectivity index (χ4v) is 3.55. The van der Waals surface area contributed by atoms with Crippen molar-refractivity contribution in [2.45, 2.75) is 96.6 Å². The molecule has 0 aromatic heterocycles. The summed E-state index contributed by atoms with van der Waals surface area (Å²) in [6, 6.07) is -1.29. The Kier molecular flexibility index (Phi) is 18.0. The predicted octanol–water partition coefficient (Wildman–Crippen LogP) is 0.581. The summed E-state index contributed by atoms with van der Waals surface area (Å²) in [5.74, 6) is -1.86. The molecule has 0 fully saturated rings.